The fourth-order valence-electron chi connectivity index (χ4n) is 1.71. The average Bonchev–Trinajstić information content (AvgIpc) is 2.89. The molecule has 7 heteroatoms. The van der Waals surface area contributed by atoms with E-state index in [9.17, 15) is 4.79 Å². The van der Waals surface area contributed by atoms with Crippen LogP contribution in [0.2, 0.25) is 0 Å². The number of rotatable bonds is 4. The van der Waals surface area contributed by atoms with Gasteiger partial charge in [-0.2, -0.15) is 10.2 Å². The topological polar surface area (TPSA) is 72.9 Å². The SMILES string of the molecule is CCc1nn(C)c(Cn2ccc(C(=O)O)n2)c1Br. The molecule has 0 aromatic carbocycles. The van der Waals surface area contributed by atoms with Crippen molar-refractivity contribution in [1.29, 1.82) is 0 Å². The predicted octanol–water partition coefficient (Wildman–Crippen LogP) is 1.69. The Hall–Kier alpha value is -1.63. The number of carboxylic acids is 1. The van der Waals surface area contributed by atoms with E-state index in [1.165, 1.54) is 6.07 Å². The summed E-state index contributed by atoms with van der Waals surface area (Å²) in [6.07, 6.45) is 2.49. The highest BCUT2D eigenvalue weighted by molar-refractivity contribution is 9.10. The smallest absolute Gasteiger partial charge is 0.356 e. The molecule has 0 radical (unpaired) electrons. The van der Waals surface area contributed by atoms with Crippen LogP contribution in [0.1, 0.15) is 28.8 Å². The minimum atomic E-state index is -1.02. The van der Waals surface area contributed by atoms with Crippen molar-refractivity contribution < 1.29 is 9.90 Å². The summed E-state index contributed by atoms with van der Waals surface area (Å²) < 4.78 is 4.33. The van der Waals surface area contributed by atoms with E-state index in [-0.39, 0.29) is 5.69 Å². The molecule has 0 atom stereocenters. The second-order valence-corrected chi connectivity index (χ2v) is 4.68. The van der Waals surface area contributed by atoms with Crippen LogP contribution in [0.15, 0.2) is 16.7 Å². The summed E-state index contributed by atoms with van der Waals surface area (Å²) in [5, 5.41) is 17.2. The highest BCUT2D eigenvalue weighted by Gasteiger charge is 2.14. The molecule has 6 nitrogen and oxygen atoms in total. The van der Waals surface area contributed by atoms with Gasteiger partial charge in [0, 0.05) is 13.2 Å². The average molecular weight is 313 g/mol. The number of halogens is 1. The first-order chi connectivity index (χ1) is 8.52. The summed E-state index contributed by atoms with van der Waals surface area (Å²) in [6, 6.07) is 1.48. The number of hydrogen-bond donors (Lipinski definition) is 1. The van der Waals surface area contributed by atoms with Crippen molar-refractivity contribution in [2.45, 2.75) is 19.9 Å². The lowest BCUT2D eigenvalue weighted by Gasteiger charge is -2.03. The maximum Gasteiger partial charge on any atom is 0.356 e. The van der Waals surface area contributed by atoms with Crippen LogP contribution in [-0.4, -0.2) is 30.6 Å². The molecule has 18 heavy (non-hydrogen) atoms. The van der Waals surface area contributed by atoms with Crippen molar-refractivity contribution in [2.75, 3.05) is 0 Å². The molecule has 0 aliphatic heterocycles. The van der Waals surface area contributed by atoms with E-state index in [1.807, 2.05) is 14.0 Å². The number of aryl methyl sites for hydroxylation is 2. The normalized spacial score (nSPS) is 10.8. The fraction of sp³-hybridized carbons (Fsp3) is 0.364. The molecule has 0 bridgehead atoms. The van der Waals surface area contributed by atoms with E-state index in [0.717, 1.165) is 22.3 Å². The molecule has 1 N–H and O–H groups in total. The van der Waals surface area contributed by atoms with Gasteiger partial charge in [-0.1, -0.05) is 6.92 Å². The number of carboxylic acid groups (broad SMARTS) is 1. The monoisotopic (exact) mass is 312 g/mol. The summed E-state index contributed by atoms with van der Waals surface area (Å²) in [6.45, 7) is 2.52. The van der Waals surface area contributed by atoms with Gasteiger partial charge in [0.25, 0.3) is 0 Å². The molecule has 0 aliphatic carbocycles. The maximum absolute atomic E-state index is 10.7. The second-order valence-electron chi connectivity index (χ2n) is 3.89. The first kappa shape index (κ1) is 12.8. The fourth-order valence-corrected chi connectivity index (χ4v) is 2.45. The van der Waals surface area contributed by atoms with E-state index >= 15 is 0 Å². The van der Waals surface area contributed by atoms with E-state index in [1.54, 1.807) is 15.6 Å². The molecule has 0 amide bonds. The highest BCUT2D eigenvalue weighted by Crippen LogP contribution is 2.22. The highest BCUT2D eigenvalue weighted by atomic mass is 79.9. The van der Waals surface area contributed by atoms with Crippen LogP contribution in [0, 0.1) is 0 Å². The van der Waals surface area contributed by atoms with Gasteiger partial charge in [0.2, 0.25) is 0 Å². The zero-order valence-corrected chi connectivity index (χ0v) is 11.7. The summed E-state index contributed by atoms with van der Waals surface area (Å²) in [4.78, 5) is 10.7. The molecule has 2 rings (SSSR count). The van der Waals surface area contributed by atoms with Gasteiger partial charge in [-0.15, -0.1) is 0 Å². The van der Waals surface area contributed by atoms with Gasteiger partial charge in [0.1, 0.15) is 0 Å². The van der Waals surface area contributed by atoms with Gasteiger partial charge in [0.05, 0.1) is 22.4 Å². The van der Waals surface area contributed by atoms with E-state index in [0.29, 0.717) is 6.54 Å². The Bertz CT molecular complexity index is 588. The lowest BCUT2D eigenvalue weighted by molar-refractivity contribution is 0.0689. The summed E-state index contributed by atoms with van der Waals surface area (Å²) in [5.41, 5.74) is 1.99. The lowest BCUT2D eigenvalue weighted by atomic mass is 10.3. The third-order valence-corrected chi connectivity index (χ3v) is 3.59. The van der Waals surface area contributed by atoms with Gasteiger partial charge in [-0.3, -0.25) is 9.36 Å². The maximum atomic E-state index is 10.7. The Morgan fingerprint density at radius 2 is 2.22 bits per heavy atom. The zero-order valence-electron chi connectivity index (χ0n) is 10.1. The Morgan fingerprint density at radius 3 is 2.72 bits per heavy atom. The van der Waals surface area contributed by atoms with Crippen LogP contribution in [0.25, 0.3) is 0 Å². The number of carbonyl (C=O) groups is 1. The molecule has 0 fully saturated rings. The molecule has 2 aromatic rings. The molecular formula is C11H13BrN4O2. The molecule has 2 aromatic heterocycles. The van der Waals surface area contributed by atoms with Crippen LogP contribution in [0.5, 0.6) is 0 Å². The summed E-state index contributed by atoms with van der Waals surface area (Å²) >= 11 is 3.51. The van der Waals surface area contributed by atoms with E-state index in [4.69, 9.17) is 5.11 Å². The van der Waals surface area contributed by atoms with Crippen LogP contribution in [-0.2, 0) is 20.0 Å². The quantitative estimate of drug-likeness (QED) is 0.932. The van der Waals surface area contributed by atoms with Gasteiger partial charge in [-0.05, 0) is 28.4 Å². The number of aromatic carboxylic acids is 1. The number of hydrogen-bond acceptors (Lipinski definition) is 3. The van der Waals surface area contributed by atoms with Gasteiger partial charge >= 0.3 is 5.97 Å². The van der Waals surface area contributed by atoms with Crippen molar-refractivity contribution in [2.24, 2.45) is 7.05 Å². The van der Waals surface area contributed by atoms with Crippen molar-refractivity contribution in [3.63, 3.8) is 0 Å². The van der Waals surface area contributed by atoms with Crippen LogP contribution < -0.4 is 0 Å². The van der Waals surface area contributed by atoms with Crippen LogP contribution in [0.4, 0.5) is 0 Å². The third kappa shape index (κ3) is 2.31. The molecule has 2 heterocycles. The molecule has 0 saturated carbocycles. The molecule has 0 spiro atoms. The Labute approximate surface area is 112 Å². The van der Waals surface area contributed by atoms with Crippen molar-refractivity contribution in [1.82, 2.24) is 19.6 Å². The molecule has 0 aliphatic rings. The number of nitrogens with zero attached hydrogens (tertiary/aromatic N) is 4. The van der Waals surface area contributed by atoms with Crippen molar-refractivity contribution in [3.05, 3.63) is 33.8 Å². The first-order valence-electron chi connectivity index (χ1n) is 5.50. The van der Waals surface area contributed by atoms with Crippen LogP contribution >= 0.6 is 15.9 Å². The van der Waals surface area contributed by atoms with E-state index in [2.05, 4.69) is 26.1 Å². The zero-order chi connectivity index (χ0) is 13.3. The lowest BCUT2D eigenvalue weighted by Crippen LogP contribution is -2.08. The standard InChI is InChI=1S/C11H13BrN4O2/c1-3-7-10(12)9(15(2)13-7)6-16-5-4-8(14-16)11(17)18/h4-5H,3,6H2,1-2H3,(H,17,18). The van der Waals surface area contributed by atoms with E-state index < -0.39 is 5.97 Å². The summed E-state index contributed by atoms with van der Waals surface area (Å²) in [7, 11) is 1.86. The molecule has 0 saturated heterocycles. The van der Waals surface area contributed by atoms with Crippen molar-refractivity contribution >= 4 is 21.9 Å². The number of aromatic nitrogens is 4. The Kier molecular flexibility index (Phi) is 3.51. The largest absolute Gasteiger partial charge is 0.476 e. The van der Waals surface area contributed by atoms with Gasteiger partial charge in [0.15, 0.2) is 5.69 Å². The first-order valence-corrected chi connectivity index (χ1v) is 6.29. The Balaban J connectivity index is 2.28. The molecule has 96 valence electrons. The second kappa shape index (κ2) is 4.93. The van der Waals surface area contributed by atoms with Gasteiger partial charge in [-0.25, -0.2) is 4.79 Å². The minimum Gasteiger partial charge on any atom is -0.476 e. The molecular weight excluding hydrogens is 300 g/mol. The van der Waals surface area contributed by atoms with Crippen molar-refractivity contribution in [3.8, 4) is 0 Å². The summed E-state index contributed by atoms with van der Waals surface area (Å²) in [5.74, 6) is -1.02. The Morgan fingerprint density at radius 1 is 1.50 bits per heavy atom. The van der Waals surface area contributed by atoms with Crippen LogP contribution in [0.3, 0.4) is 0 Å². The predicted molar refractivity (Wildman–Crippen MR) is 68.6 cm³/mol. The third-order valence-electron chi connectivity index (χ3n) is 2.67. The minimum absolute atomic E-state index is 0.0454. The van der Waals surface area contributed by atoms with Gasteiger partial charge < -0.3 is 5.11 Å². The molecule has 0 unspecified atom stereocenters.